The summed E-state index contributed by atoms with van der Waals surface area (Å²) in [7, 11) is -2.39. The lowest BCUT2D eigenvalue weighted by molar-refractivity contribution is -0.909. The van der Waals surface area contributed by atoms with Crippen molar-refractivity contribution < 1.29 is 22.9 Å². The molecule has 0 radical (unpaired) electrons. The molecular weight excluding hydrogens is 368 g/mol. The van der Waals surface area contributed by atoms with Gasteiger partial charge in [-0.1, -0.05) is 0 Å². The minimum Gasteiger partial charge on any atom is -0.349 e. The summed E-state index contributed by atoms with van der Waals surface area (Å²) in [6.45, 7) is 6.01. The number of amides is 2. The Bertz CT molecular complexity index is 764. The second kappa shape index (κ2) is 9.29. The molecule has 1 unspecified atom stereocenters. The number of benzene rings is 1. The largest absolute Gasteiger partial charge is 0.349 e. The molecule has 1 aromatic carbocycles. The smallest absolute Gasteiger partial charge is 0.243 e. The number of anilines is 1. The number of carbonyl (C=O) groups is 2. The number of sulfonamides is 1. The van der Waals surface area contributed by atoms with Crippen LogP contribution in [0.3, 0.4) is 0 Å². The maximum absolute atomic E-state index is 12.6. The van der Waals surface area contributed by atoms with E-state index < -0.39 is 10.0 Å². The predicted octanol–water partition coefficient (Wildman–Crippen LogP) is -0.551. The van der Waals surface area contributed by atoms with Crippen molar-refractivity contribution in [1.82, 2.24) is 9.62 Å². The first-order valence-electron chi connectivity index (χ1n) is 9.19. The number of carbonyl (C=O) groups excluding carboxylic acids is 2. The molecule has 9 heteroatoms. The first-order chi connectivity index (χ1) is 12.7. The van der Waals surface area contributed by atoms with E-state index in [1.807, 2.05) is 0 Å². The van der Waals surface area contributed by atoms with E-state index in [0.29, 0.717) is 18.3 Å². The minimum atomic E-state index is -3.78. The van der Waals surface area contributed by atoms with Crippen molar-refractivity contribution in [3.05, 3.63) is 24.3 Å². The quantitative estimate of drug-likeness (QED) is 0.548. The van der Waals surface area contributed by atoms with Crippen molar-refractivity contribution in [3.8, 4) is 0 Å². The number of likely N-dealkylation sites (tertiary alicyclic amines) is 1. The van der Waals surface area contributed by atoms with Crippen LogP contribution in [0, 0.1) is 0 Å². The molecule has 150 valence electrons. The van der Waals surface area contributed by atoms with Gasteiger partial charge in [0, 0.05) is 32.5 Å². The topological polar surface area (TPSA) is 100 Å². The van der Waals surface area contributed by atoms with Crippen LogP contribution in [0.15, 0.2) is 29.2 Å². The highest BCUT2D eigenvalue weighted by atomic mass is 32.2. The first-order valence-corrected chi connectivity index (χ1v) is 10.6. The van der Waals surface area contributed by atoms with E-state index in [1.165, 1.54) is 43.1 Å². The van der Waals surface area contributed by atoms with E-state index in [0.717, 1.165) is 30.2 Å². The van der Waals surface area contributed by atoms with Crippen LogP contribution in [0.1, 0.15) is 26.7 Å². The van der Waals surface area contributed by atoms with Crippen LogP contribution in [0.5, 0.6) is 0 Å². The van der Waals surface area contributed by atoms with Crippen LogP contribution in [0.25, 0.3) is 0 Å². The normalized spacial score (nSPS) is 19.9. The Kier molecular flexibility index (Phi) is 7.34. The van der Waals surface area contributed by atoms with E-state index in [9.17, 15) is 18.0 Å². The second-order valence-electron chi connectivity index (χ2n) is 6.87. The van der Waals surface area contributed by atoms with E-state index in [2.05, 4.69) is 17.6 Å². The van der Waals surface area contributed by atoms with Gasteiger partial charge in [0.15, 0.2) is 0 Å². The highest BCUT2D eigenvalue weighted by Gasteiger charge is 2.28. The van der Waals surface area contributed by atoms with Gasteiger partial charge in [-0.3, -0.25) is 9.59 Å². The summed E-state index contributed by atoms with van der Waals surface area (Å²) in [5.74, 6) is -0.538. The fourth-order valence-electron chi connectivity index (χ4n) is 3.37. The summed E-state index contributed by atoms with van der Waals surface area (Å²) in [6.07, 6.45) is 2.24. The number of rotatable bonds is 8. The van der Waals surface area contributed by atoms with Gasteiger partial charge in [-0.15, -0.1) is 0 Å². The summed E-state index contributed by atoms with van der Waals surface area (Å²) >= 11 is 0. The summed E-state index contributed by atoms with van der Waals surface area (Å²) in [5.41, 5.74) is 0.515. The zero-order valence-electron chi connectivity index (χ0n) is 16.1. The summed E-state index contributed by atoms with van der Waals surface area (Å²) in [4.78, 5) is 24.8. The molecule has 0 bridgehead atoms. The molecule has 1 aliphatic heterocycles. The Morgan fingerprint density at radius 3 is 2.52 bits per heavy atom. The van der Waals surface area contributed by atoms with Gasteiger partial charge in [0.05, 0.1) is 31.1 Å². The van der Waals surface area contributed by atoms with Gasteiger partial charge in [0.25, 0.3) is 0 Å². The molecular formula is C18H29N4O4S+. The third-order valence-electron chi connectivity index (χ3n) is 4.88. The van der Waals surface area contributed by atoms with Crippen molar-refractivity contribution in [3.63, 3.8) is 0 Å². The molecule has 2 amide bonds. The molecule has 1 saturated heterocycles. The van der Waals surface area contributed by atoms with Crippen molar-refractivity contribution >= 4 is 27.5 Å². The number of likely N-dealkylation sites (N-methyl/N-ethyl adjacent to an activating group) is 2. The van der Waals surface area contributed by atoms with E-state index in [4.69, 9.17) is 0 Å². The summed E-state index contributed by atoms with van der Waals surface area (Å²) in [5, 5.41) is 5.44. The molecule has 1 heterocycles. The van der Waals surface area contributed by atoms with Crippen LogP contribution in [-0.2, 0) is 19.6 Å². The van der Waals surface area contributed by atoms with E-state index in [1.54, 1.807) is 0 Å². The standard InChI is InChI=1S/C18H28N4O4S/c1-4-22-11-5-6-16(22)12-19-18(24)13-21(3)27(25,26)17-9-7-15(8-10-17)20-14(2)23/h7-10,16H,4-6,11-13H2,1-3H3,(H,19,24)(H,20,23)/p+1/t16-/m0/s1. The maximum Gasteiger partial charge on any atom is 0.243 e. The minimum absolute atomic E-state index is 0.0734. The predicted molar refractivity (Wildman–Crippen MR) is 103 cm³/mol. The molecule has 0 spiro atoms. The zero-order valence-corrected chi connectivity index (χ0v) is 16.9. The monoisotopic (exact) mass is 397 g/mol. The van der Waals surface area contributed by atoms with Crippen molar-refractivity contribution in [2.24, 2.45) is 0 Å². The zero-order chi connectivity index (χ0) is 20.0. The second-order valence-corrected chi connectivity index (χ2v) is 8.92. The molecule has 3 N–H and O–H groups in total. The summed E-state index contributed by atoms with van der Waals surface area (Å²) in [6, 6.07) is 6.27. The van der Waals surface area contributed by atoms with Crippen LogP contribution >= 0.6 is 0 Å². The first kappa shape index (κ1) is 21.3. The molecule has 1 aromatic rings. The molecule has 8 nitrogen and oxygen atoms in total. The van der Waals surface area contributed by atoms with Gasteiger partial charge in [-0.25, -0.2) is 8.42 Å². The number of quaternary nitrogens is 1. The Balaban J connectivity index is 1.92. The van der Waals surface area contributed by atoms with Crippen molar-refractivity contribution in [2.75, 3.05) is 38.5 Å². The fraction of sp³-hybridized carbons (Fsp3) is 0.556. The number of hydrogen-bond acceptors (Lipinski definition) is 4. The van der Waals surface area contributed by atoms with Crippen LogP contribution in [0.4, 0.5) is 5.69 Å². The Morgan fingerprint density at radius 1 is 1.26 bits per heavy atom. The molecule has 1 fully saturated rings. The lowest BCUT2D eigenvalue weighted by Crippen LogP contribution is -3.14. The average molecular weight is 398 g/mol. The molecule has 1 aliphatic rings. The lowest BCUT2D eigenvalue weighted by atomic mass is 10.2. The molecule has 2 atom stereocenters. The molecule has 2 rings (SSSR count). The van der Waals surface area contributed by atoms with E-state index in [-0.39, 0.29) is 23.3 Å². The Morgan fingerprint density at radius 2 is 1.93 bits per heavy atom. The third kappa shape index (κ3) is 5.75. The van der Waals surface area contributed by atoms with Crippen molar-refractivity contribution in [1.29, 1.82) is 0 Å². The third-order valence-corrected chi connectivity index (χ3v) is 6.69. The van der Waals surface area contributed by atoms with Gasteiger partial charge in [0.1, 0.15) is 6.04 Å². The number of hydrogen-bond donors (Lipinski definition) is 3. The van der Waals surface area contributed by atoms with Gasteiger partial charge >= 0.3 is 0 Å². The molecule has 0 saturated carbocycles. The van der Waals surface area contributed by atoms with Gasteiger partial charge in [0.2, 0.25) is 21.8 Å². The summed E-state index contributed by atoms with van der Waals surface area (Å²) < 4.78 is 26.3. The Labute approximate surface area is 161 Å². The number of nitrogens with zero attached hydrogens (tertiary/aromatic N) is 1. The average Bonchev–Trinajstić information content (AvgIpc) is 3.07. The fourth-order valence-corrected chi connectivity index (χ4v) is 4.50. The van der Waals surface area contributed by atoms with Crippen LogP contribution in [0.2, 0.25) is 0 Å². The van der Waals surface area contributed by atoms with Crippen molar-refractivity contribution in [2.45, 2.75) is 37.6 Å². The van der Waals surface area contributed by atoms with Gasteiger partial charge < -0.3 is 15.5 Å². The lowest BCUT2D eigenvalue weighted by Gasteiger charge is -2.21. The molecule has 0 aliphatic carbocycles. The highest BCUT2D eigenvalue weighted by Crippen LogP contribution is 2.17. The molecule has 0 aromatic heterocycles. The van der Waals surface area contributed by atoms with Gasteiger partial charge in [-0.05, 0) is 31.2 Å². The Hall–Kier alpha value is -1.97. The highest BCUT2D eigenvalue weighted by molar-refractivity contribution is 7.89. The van der Waals surface area contributed by atoms with Gasteiger partial charge in [-0.2, -0.15) is 4.31 Å². The van der Waals surface area contributed by atoms with Crippen LogP contribution < -0.4 is 15.5 Å². The number of nitrogens with one attached hydrogen (secondary N) is 3. The SMILES string of the molecule is CC[NH+]1CCC[C@H]1CNC(=O)CN(C)S(=O)(=O)c1ccc(NC(C)=O)cc1. The van der Waals surface area contributed by atoms with Crippen LogP contribution in [-0.4, -0.2) is 63.8 Å². The maximum atomic E-state index is 12.6. The molecule has 27 heavy (non-hydrogen) atoms. The van der Waals surface area contributed by atoms with E-state index >= 15 is 0 Å².